The lowest BCUT2D eigenvalue weighted by Gasteiger charge is -2.05. The van der Waals surface area contributed by atoms with E-state index in [1.807, 2.05) is 0 Å². The number of hydrogen-bond donors (Lipinski definition) is 3. The maximum absolute atomic E-state index is 11.3. The standard InChI is InChI=1S/C12H10O7S/c13-11(14)7-9(12(15)16)10(20(17,18)19)6-8-4-2-1-3-5-8/h1-7H,(H,13,14)(H,15,16)(H,17,18,19). The van der Waals surface area contributed by atoms with Crippen molar-refractivity contribution in [3.63, 3.8) is 0 Å². The Balaban J connectivity index is 3.52. The van der Waals surface area contributed by atoms with Gasteiger partial charge in [-0.3, -0.25) is 4.55 Å². The minimum Gasteiger partial charge on any atom is -0.478 e. The number of carboxylic acids is 2. The van der Waals surface area contributed by atoms with Crippen LogP contribution in [0.2, 0.25) is 0 Å². The molecule has 0 radical (unpaired) electrons. The molecule has 0 bridgehead atoms. The summed E-state index contributed by atoms with van der Waals surface area (Å²) in [4.78, 5) is 20.5. The monoisotopic (exact) mass is 298 g/mol. The number of carboxylic acid groups (broad SMARTS) is 2. The molecule has 0 aliphatic carbocycles. The van der Waals surface area contributed by atoms with Crippen molar-refractivity contribution in [2.24, 2.45) is 0 Å². The largest absolute Gasteiger partial charge is 0.478 e. The van der Waals surface area contributed by atoms with E-state index < -0.39 is 32.5 Å². The number of aliphatic carboxylic acids is 2. The van der Waals surface area contributed by atoms with Gasteiger partial charge in [-0.2, -0.15) is 8.42 Å². The zero-order valence-electron chi connectivity index (χ0n) is 9.92. The molecule has 0 saturated heterocycles. The van der Waals surface area contributed by atoms with Crippen LogP contribution in [0, 0.1) is 0 Å². The maximum Gasteiger partial charge on any atom is 0.337 e. The summed E-state index contributed by atoms with van der Waals surface area (Å²) in [6.07, 6.45) is 1.07. The van der Waals surface area contributed by atoms with Crippen molar-refractivity contribution < 1.29 is 32.8 Å². The van der Waals surface area contributed by atoms with Crippen molar-refractivity contribution in [1.82, 2.24) is 0 Å². The molecule has 0 saturated carbocycles. The smallest absolute Gasteiger partial charge is 0.337 e. The van der Waals surface area contributed by atoms with Crippen molar-refractivity contribution in [3.05, 3.63) is 52.4 Å². The average Bonchev–Trinajstić information content (AvgIpc) is 2.33. The van der Waals surface area contributed by atoms with Crippen LogP contribution in [0.1, 0.15) is 5.56 Å². The predicted octanol–water partition coefficient (Wildman–Crippen LogP) is 1.01. The summed E-state index contributed by atoms with van der Waals surface area (Å²) in [5, 5.41) is 17.5. The zero-order valence-corrected chi connectivity index (χ0v) is 10.7. The fraction of sp³-hybridized carbons (Fsp3) is 0. The fourth-order valence-electron chi connectivity index (χ4n) is 1.35. The van der Waals surface area contributed by atoms with Crippen LogP contribution in [-0.2, 0) is 19.7 Å². The highest BCUT2D eigenvalue weighted by molar-refractivity contribution is 7.90. The van der Waals surface area contributed by atoms with Gasteiger partial charge >= 0.3 is 11.9 Å². The highest BCUT2D eigenvalue weighted by Gasteiger charge is 2.25. The van der Waals surface area contributed by atoms with E-state index in [2.05, 4.69) is 0 Å². The third-order valence-electron chi connectivity index (χ3n) is 2.14. The molecule has 0 aliphatic rings. The first-order chi connectivity index (χ1) is 9.21. The molecule has 0 unspecified atom stereocenters. The number of benzene rings is 1. The first-order valence-corrected chi connectivity index (χ1v) is 6.58. The Labute approximate surface area is 114 Å². The van der Waals surface area contributed by atoms with Crippen LogP contribution < -0.4 is 0 Å². The molecule has 8 heteroatoms. The lowest BCUT2D eigenvalue weighted by atomic mass is 10.1. The van der Waals surface area contributed by atoms with E-state index in [1.54, 1.807) is 18.2 Å². The molecule has 1 rings (SSSR count). The Bertz CT molecular complexity index is 684. The highest BCUT2D eigenvalue weighted by atomic mass is 32.2. The fourth-order valence-corrected chi connectivity index (χ4v) is 2.06. The molecule has 0 spiro atoms. The van der Waals surface area contributed by atoms with Crippen LogP contribution >= 0.6 is 0 Å². The lowest BCUT2D eigenvalue weighted by molar-refractivity contribution is -0.134. The molecule has 0 atom stereocenters. The molecule has 1 aromatic rings. The molecule has 1 aromatic carbocycles. The predicted molar refractivity (Wildman–Crippen MR) is 69.3 cm³/mol. The van der Waals surface area contributed by atoms with Gasteiger partial charge < -0.3 is 10.2 Å². The van der Waals surface area contributed by atoms with Crippen molar-refractivity contribution in [1.29, 1.82) is 0 Å². The minimum atomic E-state index is -4.90. The Morgan fingerprint density at radius 2 is 1.60 bits per heavy atom. The van der Waals surface area contributed by atoms with Gasteiger partial charge in [0.2, 0.25) is 0 Å². The van der Waals surface area contributed by atoms with Crippen LogP contribution in [0.25, 0.3) is 6.08 Å². The van der Waals surface area contributed by atoms with Gasteiger partial charge in [-0.15, -0.1) is 0 Å². The van der Waals surface area contributed by atoms with Crippen LogP contribution in [0.4, 0.5) is 0 Å². The summed E-state index contributed by atoms with van der Waals surface area (Å²) in [6.45, 7) is 0. The van der Waals surface area contributed by atoms with E-state index in [0.29, 0.717) is 0 Å². The van der Waals surface area contributed by atoms with E-state index in [1.165, 1.54) is 12.1 Å². The summed E-state index contributed by atoms with van der Waals surface area (Å²) in [5.74, 6) is -3.43. The molecule has 7 nitrogen and oxygen atoms in total. The summed E-state index contributed by atoms with van der Waals surface area (Å²) in [6, 6.07) is 7.70. The van der Waals surface area contributed by atoms with Gasteiger partial charge in [-0.1, -0.05) is 30.3 Å². The van der Waals surface area contributed by atoms with Gasteiger partial charge in [-0.25, -0.2) is 9.59 Å². The van der Waals surface area contributed by atoms with E-state index in [9.17, 15) is 18.0 Å². The van der Waals surface area contributed by atoms with Crippen molar-refractivity contribution in [3.8, 4) is 0 Å². The molecule has 0 amide bonds. The molecule has 0 fully saturated rings. The second kappa shape index (κ2) is 6.13. The second-order valence-corrected chi connectivity index (χ2v) is 4.99. The second-order valence-electron chi connectivity index (χ2n) is 3.60. The number of hydrogen-bond acceptors (Lipinski definition) is 4. The zero-order chi connectivity index (χ0) is 15.3. The molecule has 0 heterocycles. The minimum absolute atomic E-state index is 0.199. The van der Waals surface area contributed by atoms with Gasteiger partial charge in [0, 0.05) is 6.08 Å². The van der Waals surface area contributed by atoms with Crippen LogP contribution in [0.3, 0.4) is 0 Å². The molecular weight excluding hydrogens is 288 g/mol. The van der Waals surface area contributed by atoms with Crippen molar-refractivity contribution in [2.75, 3.05) is 0 Å². The van der Waals surface area contributed by atoms with Crippen molar-refractivity contribution in [2.45, 2.75) is 0 Å². The lowest BCUT2D eigenvalue weighted by Crippen LogP contribution is -2.13. The van der Waals surface area contributed by atoms with Gasteiger partial charge in [0.1, 0.15) is 4.91 Å². The molecule has 106 valence electrons. The van der Waals surface area contributed by atoms with E-state index in [-0.39, 0.29) is 11.6 Å². The summed E-state index contributed by atoms with van der Waals surface area (Å²) >= 11 is 0. The Morgan fingerprint density at radius 3 is 2.00 bits per heavy atom. The molecular formula is C12H10O7S. The van der Waals surface area contributed by atoms with E-state index in [4.69, 9.17) is 14.8 Å². The van der Waals surface area contributed by atoms with Gasteiger partial charge in [-0.05, 0) is 11.6 Å². The number of carbonyl (C=O) groups is 2. The topological polar surface area (TPSA) is 129 Å². The van der Waals surface area contributed by atoms with Crippen LogP contribution in [0.5, 0.6) is 0 Å². The van der Waals surface area contributed by atoms with Gasteiger partial charge in [0.05, 0.1) is 5.57 Å². The summed E-state index contributed by atoms with van der Waals surface area (Å²) in [5.41, 5.74) is -0.749. The summed E-state index contributed by atoms with van der Waals surface area (Å²) < 4.78 is 31.6. The van der Waals surface area contributed by atoms with E-state index in [0.717, 1.165) is 6.08 Å². The Hall–Kier alpha value is -2.45. The molecule has 0 aliphatic heterocycles. The normalized spacial score (nSPS) is 13.1. The quantitative estimate of drug-likeness (QED) is 0.420. The maximum atomic E-state index is 11.3. The Morgan fingerprint density at radius 1 is 1.05 bits per heavy atom. The first-order valence-electron chi connectivity index (χ1n) is 5.14. The molecule has 20 heavy (non-hydrogen) atoms. The molecule has 0 aromatic heterocycles. The average molecular weight is 298 g/mol. The van der Waals surface area contributed by atoms with Gasteiger partial charge in [0.25, 0.3) is 10.1 Å². The third kappa shape index (κ3) is 4.34. The van der Waals surface area contributed by atoms with Crippen LogP contribution in [-0.4, -0.2) is 35.1 Å². The van der Waals surface area contributed by atoms with Crippen LogP contribution in [0.15, 0.2) is 46.9 Å². The summed E-state index contributed by atoms with van der Waals surface area (Å²) in [7, 11) is -4.90. The van der Waals surface area contributed by atoms with E-state index >= 15 is 0 Å². The number of rotatable bonds is 5. The Kier molecular flexibility index (Phi) is 4.78. The molecule has 3 N–H and O–H groups in total. The van der Waals surface area contributed by atoms with Crippen molar-refractivity contribution >= 4 is 28.1 Å². The SMILES string of the molecule is O=C(O)C=C(C(=O)O)C(=Cc1ccccc1)S(=O)(=O)O. The highest BCUT2D eigenvalue weighted by Crippen LogP contribution is 2.20. The van der Waals surface area contributed by atoms with Gasteiger partial charge in [0.15, 0.2) is 0 Å². The third-order valence-corrected chi connectivity index (χ3v) is 3.03. The first kappa shape index (κ1) is 15.6.